The van der Waals surface area contributed by atoms with Crippen LogP contribution in [-0.2, 0) is 47.0 Å². The number of hydrogen-bond donors (Lipinski definition) is 0. The summed E-state index contributed by atoms with van der Waals surface area (Å²) in [6, 6.07) is 6.81. The Morgan fingerprint density at radius 2 is 1.92 bits per heavy atom. The molecule has 1 radical (unpaired) electrons. The zero-order chi connectivity index (χ0) is 18.2. The molecule has 2 aliphatic carbocycles. The van der Waals surface area contributed by atoms with Crippen LogP contribution >= 0.6 is 0 Å². The minimum atomic E-state index is -3.69. The van der Waals surface area contributed by atoms with E-state index in [1.54, 1.807) is 24.3 Å². The molecule has 0 N–H and O–H groups in total. The van der Waals surface area contributed by atoms with Crippen molar-refractivity contribution in [1.82, 2.24) is 0 Å². The molecule has 26 heavy (non-hydrogen) atoms. The molecular weight excluding hydrogens is 421 g/mol. The van der Waals surface area contributed by atoms with Gasteiger partial charge in [-0.3, -0.25) is 9.76 Å². The van der Waals surface area contributed by atoms with E-state index >= 15 is 0 Å². The second kappa shape index (κ2) is 8.55. The summed E-state index contributed by atoms with van der Waals surface area (Å²) in [6.07, 6.45) is 5.60. The molecule has 3 rings (SSSR count). The summed E-state index contributed by atoms with van der Waals surface area (Å²) in [6.45, 7) is 12.9. The number of rotatable bonds is 5. The van der Waals surface area contributed by atoms with Gasteiger partial charge in [0.1, 0.15) is 0 Å². The summed E-state index contributed by atoms with van der Waals surface area (Å²) in [7, 11) is -3.69. The Morgan fingerprint density at radius 3 is 2.58 bits per heavy atom. The number of fused-ring (bicyclic) bond motifs is 1. The van der Waals surface area contributed by atoms with Crippen LogP contribution in [0.1, 0.15) is 51.5 Å². The van der Waals surface area contributed by atoms with Gasteiger partial charge in [-0.05, 0) is 61.5 Å². The summed E-state index contributed by atoms with van der Waals surface area (Å²) in [5, 5.41) is 0. The fourth-order valence-electron chi connectivity index (χ4n) is 5.10. The van der Waals surface area contributed by atoms with E-state index < -0.39 is 10.1 Å². The van der Waals surface area contributed by atoms with Crippen molar-refractivity contribution in [2.75, 3.05) is 6.61 Å². The summed E-state index contributed by atoms with van der Waals surface area (Å²) >= 11 is 0. The molecule has 4 atom stereocenters. The first-order valence-electron chi connectivity index (χ1n) is 9.31. The van der Waals surface area contributed by atoms with Gasteiger partial charge in [0.25, 0.3) is 10.1 Å². The van der Waals surface area contributed by atoms with Gasteiger partial charge in [0.15, 0.2) is 0 Å². The third-order valence-electron chi connectivity index (χ3n) is 6.52. The number of allylic oxidation sites excluding steroid dienone is 1. The van der Waals surface area contributed by atoms with Gasteiger partial charge in [-0.25, -0.2) is 0 Å². The molecule has 0 heterocycles. The minimum absolute atomic E-state index is 0. The maximum Gasteiger partial charge on any atom is 0.296 e. The van der Waals surface area contributed by atoms with E-state index in [2.05, 4.69) is 13.8 Å². The average molecular weight is 450 g/mol. The fraction of sp³-hybridized carbons (Fsp3) is 0.619. The first-order valence-corrected chi connectivity index (χ1v) is 10.7. The van der Waals surface area contributed by atoms with E-state index in [9.17, 15) is 8.42 Å². The van der Waals surface area contributed by atoms with E-state index in [4.69, 9.17) is 10.8 Å². The Hall–Kier alpha value is -0.0261. The SMILES string of the molecule is [CH-]=C1CCC[C@]2(C)[C@@H]([C@@H](C)COS(=O)(=O)c3ccc(C)cc3)CC[C@@H]12.[Y]. The van der Waals surface area contributed by atoms with Crippen molar-refractivity contribution in [2.45, 2.75) is 57.8 Å². The van der Waals surface area contributed by atoms with Crippen LogP contribution in [0.5, 0.6) is 0 Å². The maximum atomic E-state index is 12.4. The Morgan fingerprint density at radius 1 is 1.27 bits per heavy atom. The molecule has 0 saturated heterocycles. The largest absolute Gasteiger partial charge is 0.514 e. The Kier molecular flexibility index (Phi) is 7.32. The quantitative estimate of drug-likeness (QED) is 0.473. The topological polar surface area (TPSA) is 43.4 Å². The van der Waals surface area contributed by atoms with Gasteiger partial charge in [0, 0.05) is 32.7 Å². The Balaban J connectivity index is 0.00000243. The molecule has 141 valence electrons. The molecule has 0 amide bonds. The molecule has 3 nitrogen and oxygen atoms in total. The predicted molar refractivity (Wildman–Crippen MR) is 99.5 cm³/mol. The first kappa shape index (κ1) is 22.3. The Labute approximate surface area is 184 Å². The van der Waals surface area contributed by atoms with E-state index in [0.717, 1.165) is 36.8 Å². The molecule has 0 unspecified atom stereocenters. The molecule has 0 bridgehead atoms. The van der Waals surface area contributed by atoms with Crippen LogP contribution in [0.3, 0.4) is 0 Å². The Bertz CT molecular complexity index is 741. The van der Waals surface area contributed by atoms with Crippen molar-refractivity contribution < 1.29 is 45.3 Å². The molecule has 0 spiro atoms. The van der Waals surface area contributed by atoms with Crippen molar-refractivity contribution in [2.24, 2.45) is 23.2 Å². The predicted octanol–water partition coefficient (Wildman–Crippen LogP) is 4.91. The smallest absolute Gasteiger partial charge is 0.296 e. The molecule has 1 aromatic carbocycles. The summed E-state index contributed by atoms with van der Waals surface area (Å²) in [5.74, 6) is 1.15. The van der Waals surface area contributed by atoms with E-state index in [0.29, 0.717) is 11.8 Å². The molecule has 5 heteroatoms. The standard InChI is InChI=1S/C21H29O3S.Y/c1-15-7-9-18(10-8-15)25(22,23)24-14-17(3)20-12-11-19-16(2)6-5-13-21(19,20)4;/h2,7-10,17,19-20H,5-6,11-14H2,1,3-4H3;/q-1;/t17-,19-,20+,21-;/m0./s1. The second-order valence-corrected chi connectivity index (χ2v) is 9.82. The fourth-order valence-corrected chi connectivity index (χ4v) is 6.10. The van der Waals surface area contributed by atoms with Gasteiger partial charge in [0.2, 0.25) is 0 Å². The van der Waals surface area contributed by atoms with E-state index in [-0.39, 0.29) is 55.5 Å². The summed E-state index contributed by atoms with van der Waals surface area (Å²) < 4.78 is 30.3. The third kappa shape index (κ3) is 4.34. The monoisotopic (exact) mass is 450 g/mol. The second-order valence-electron chi connectivity index (χ2n) is 8.20. The molecule has 1 aromatic rings. The van der Waals surface area contributed by atoms with Crippen LogP contribution in [-0.4, -0.2) is 15.0 Å². The van der Waals surface area contributed by atoms with Crippen LogP contribution in [0.4, 0.5) is 0 Å². The van der Waals surface area contributed by atoms with Crippen LogP contribution in [0, 0.1) is 36.7 Å². The van der Waals surface area contributed by atoms with Gasteiger partial charge in [-0.15, -0.1) is 0 Å². The van der Waals surface area contributed by atoms with Gasteiger partial charge < -0.3 is 6.58 Å². The zero-order valence-corrected chi connectivity index (χ0v) is 19.7. The molecule has 2 saturated carbocycles. The molecule has 2 fully saturated rings. The van der Waals surface area contributed by atoms with Crippen molar-refractivity contribution in [3.05, 3.63) is 42.0 Å². The number of aryl methyl sites for hydroxylation is 1. The molecule has 0 aromatic heterocycles. The van der Waals surface area contributed by atoms with Crippen molar-refractivity contribution in [1.29, 1.82) is 0 Å². The van der Waals surface area contributed by atoms with Crippen molar-refractivity contribution in [3.8, 4) is 0 Å². The third-order valence-corrected chi connectivity index (χ3v) is 7.82. The van der Waals surface area contributed by atoms with Crippen LogP contribution in [0.25, 0.3) is 0 Å². The van der Waals surface area contributed by atoms with Gasteiger partial charge >= 0.3 is 0 Å². The van der Waals surface area contributed by atoms with Crippen LogP contribution < -0.4 is 0 Å². The summed E-state index contributed by atoms with van der Waals surface area (Å²) in [4.78, 5) is 0.232. The van der Waals surface area contributed by atoms with Gasteiger partial charge in [-0.1, -0.05) is 44.4 Å². The summed E-state index contributed by atoms with van der Waals surface area (Å²) in [5.41, 5.74) is 2.37. The number of benzene rings is 1. The average Bonchev–Trinajstić information content (AvgIpc) is 2.92. The van der Waals surface area contributed by atoms with Crippen LogP contribution in [0.15, 0.2) is 34.7 Å². The number of hydrogen-bond acceptors (Lipinski definition) is 3. The van der Waals surface area contributed by atoms with E-state index in [1.165, 1.54) is 6.42 Å². The normalized spacial score (nSPS) is 29.7. The maximum absolute atomic E-state index is 12.4. The van der Waals surface area contributed by atoms with Crippen LogP contribution in [0.2, 0.25) is 0 Å². The zero-order valence-electron chi connectivity index (χ0n) is 16.1. The van der Waals surface area contributed by atoms with Crippen molar-refractivity contribution in [3.63, 3.8) is 0 Å². The van der Waals surface area contributed by atoms with E-state index in [1.807, 2.05) is 6.92 Å². The minimum Gasteiger partial charge on any atom is -0.514 e. The van der Waals surface area contributed by atoms with Gasteiger partial charge in [0.05, 0.1) is 11.5 Å². The molecule has 2 aliphatic rings. The molecular formula is C21H29O3SY-. The first-order chi connectivity index (χ1) is 11.7. The van der Waals surface area contributed by atoms with Gasteiger partial charge in [-0.2, -0.15) is 8.42 Å². The molecule has 0 aliphatic heterocycles. The van der Waals surface area contributed by atoms with Crippen molar-refractivity contribution >= 4 is 10.1 Å².